The lowest BCUT2D eigenvalue weighted by Gasteiger charge is -2.36. The quantitative estimate of drug-likeness (QED) is 0.130. The van der Waals surface area contributed by atoms with Crippen LogP contribution in [0.1, 0.15) is 50.4 Å². The van der Waals surface area contributed by atoms with E-state index < -0.39 is 13.2 Å². The lowest BCUT2D eigenvalue weighted by Crippen LogP contribution is -2.40. The second-order valence-corrected chi connectivity index (χ2v) is 13.5. The highest BCUT2D eigenvalue weighted by Gasteiger charge is 2.36. The van der Waals surface area contributed by atoms with Crippen molar-refractivity contribution in [1.29, 1.82) is 0 Å². The topological polar surface area (TPSA) is 69.4 Å². The lowest BCUT2D eigenvalue weighted by molar-refractivity contribution is -0.387. The molecular weight excluding hydrogens is 354 g/mol. The second kappa shape index (κ2) is 9.50. The van der Waals surface area contributed by atoms with E-state index >= 15 is 0 Å². The first kappa shape index (κ1) is 21.9. The summed E-state index contributed by atoms with van der Waals surface area (Å²) in [4.78, 5) is 22.2. The van der Waals surface area contributed by atoms with Gasteiger partial charge in [-0.25, -0.2) is 0 Å². The Hall–Kier alpha value is -1.18. The van der Waals surface area contributed by atoms with Gasteiger partial charge < -0.3 is 4.43 Å². The average Bonchev–Trinajstić information content (AvgIpc) is 2.52. The first-order valence-corrected chi connectivity index (χ1v) is 12.5. The molecule has 1 rings (SSSR count). The standard InChI is InChI=1S/C18H29NO4SSi/c1-18(2,3)25(4,5)23-12-7-6-8-13-24-17-15(14-20)10-9-11-16(17)19(21)22/h9-11,14H,6-8,12-13H2,1-5H3. The van der Waals surface area contributed by atoms with Gasteiger partial charge in [-0.1, -0.05) is 39.3 Å². The Morgan fingerprint density at radius 2 is 1.92 bits per heavy atom. The molecule has 5 nitrogen and oxygen atoms in total. The smallest absolute Gasteiger partial charge is 0.283 e. The Morgan fingerprint density at radius 3 is 2.48 bits per heavy atom. The predicted molar refractivity (Wildman–Crippen MR) is 106 cm³/mol. The van der Waals surface area contributed by atoms with Crippen molar-refractivity contribution in [3.8, 4) is 0 Å². The van der Waals surface area contributed by atoms with Gasteiger partial charge in [-0.15, -0.1) is 11.8 Å². The molecule has 0 aliphatic heterocycles. The Balaban J connectivity index is 2.40. The van der Waals surface area contributed by atoms with Crippen LogP contribution in [-0.4, -0.2) is 31.9 Å². The van der Waals surface area contributed by atoms with Crippen molar-refractivity contribution in [1.82, 2.24) is 0 Å². The van der Waals surface area contributed by atoms with Gasteiger partial charge in [-0.2, -0.15) is 0 Å². The molecule has 0 aliphatic rings. The summed E-state index contributed by atoms with van der Waals surface area (Å²) in [5.41, 5.74) is 0.399. The van der Waals surface area contributed by atoms with E-state index in [2.05, 4.69) is 33.9 Å². The third kappa shape index (κ3) is 6.56. The zero-order valence-electron chi connectivity index (χ0n) is 15.8. The van der Waals surface area contributed by atoms with E-state index in [-0.39, 0.29) is 10.7 Å². The molecule has 0 unspecified atom stereocenters. The Kier molecular flexibility index (Phi) is 8.30. The number of rotatable bonds is 10. The van der Waals surface area contributed by atoms with Crippen LogP contribution in [0.25, 0.3) is 0 Å². The molecule has 0 heterocycles. The molecule has 140 valence electrons. The summed E-state index contributed by atoms with van der Waals surface area (Å²) in [6, 6.07) is 4.61. The van der Waals surface area contributed by atoms with Crippen LogP contribution in [0.3, 0.4) is 0 Å². The van der Waals surface area contributed by atoms with Crippen LogP contribution in [0, 0.1) is 10.1 Å². The number of nitrogens with zero attached hydrogens (tertiary/aromatic N) is 1. The molecule has 0 fully saturated rings. The van der Waals surface area contributed by atoms with Crippen LogP contribution in [-0.2, 0) is 4.43 Å². The molecule has 0 bridgehead atoms. The van der Waals surface area contributed by atoms with E-state index in [1.807, 2.05) is 0 Å². The molecule has 1 aromatic rings. The fourth-order valence-electron chi connectivity index (χ4n) is 2.03. The largest absolute Gasteiger partial charge is 0.417 e. The van der Waals surface area contributed by atoms with Crippen LogP contribution in [0.5, 0.6) is 0 Å². The monoisotopic (exact) mass is 383 g/mol. The molecule has 0 radical (unpaired) electrons. The van der Waals surface area contributed by atoms with Gasteiger partial charge in [0.1, 0.15) is 0 Å². The van der Waals surface area contributed by atoms with Crippen LogP contribution < -0.4 is 0 Å². The summed E-state index contributed by atoms with van der Waals surface area (Å²) in [7, 11) is -1.68. The molecular formula is C18H29NO4SSi. The first-order valence-electron chi connectivity index (χ1n) is 8.59. The maximum Gasteiger partial charge on any atom is 0.283 e. The molecule has 0 aliphatic carbocycles. The zero-order chi connectivity index (χ0) is 19.1. The third-order valence-electron chi connectivity index (χ3n) is 4.65. The van der Waals surface area contributed by atoms with Crippen LogP contribution in [0.4, 0.5) is 5.69 Å². The van der Waals surface area contributed by atoms with Crippen molar-refractivity contribution in [3.63, 3.8) is 0 Å². The summed E-state index contributed by atoms with van der Waals surface area (Å²) >= 11 is 1.39. The van der Waals surface area contributed by atoms with Gasteiger partial charge in [0.2, 0.25) is 0 Å². The van der Waals surface area contributed by atoms with Gasteiger partial charge in [-0.3, -0.25) is 14.9 Å². The fraction of sp³-hybridized carbons (Fsp3) is 0.611. The van der Waals surface area contributed by atoms with Crippen LogP contribution in [0.15, 0.2) is 23.1 Å². The predicted octanol–water partition coefficient (Wildman–Crippen LogP) is 5.69. The molecule has 25 heavy (non-hydrogen) atoms. The number of nitro groups is 1. The van der Waals surface area contributed by atoms with Crippen LogP contribution >= 0.6 is 11.8 Å². The number of benzene rings is 1. The van der Waals surface area contributed by atoms with E-state index in [1.165, 1.54) is 17.8 Å². The van der Waals surface area contributed by atoms with E-state index in [0.29, 0.717) is 16.7 Å². The van der Waals surface area contributed by atoms with Gasteiger partial charge >= 0.3 is 0 Å². The number of nitro benzene ring substituents is 1. The highest BCUT2D eigenvalue weighted by atomic mass is 32.2. The lowest BCUT2D eigenvalue weighted by atomic mass is 10.2. The van der Waals surface area contributed by atoms with Crippen molar-refractivity contribution in [2.24, 2.45) is 0 Å². The minimum atomic E-state index is -1.68. The molecule has 0 saturated heterocycles. The SMILES string of the molecule is CC(C)(C)[Si](C)(C)OCCCCCSc1c(C=O)cccc1[N+](=O)[O-]. The molecule has 0 spiro atoms. The average molecular weight is 384 g/mol. The number of hydrogen-bond acceptors (Lipinski definition) is 5. The summed E-state index contributed by atoms with van der Waals surface area (Å²) in [5.74, 6) is 0.756. The second-order valence-electron chi connectivity index (χ2n) is 7.59. The maximum atomic E-state index is 11.1. The van der Waals surface area contributed by atoms with Gasteiger partial charge in [0, 0.05) is 18.2 Å². The van der Waals surface area contributed by atoms with Crippen molar-refractivity contribution in [2.75, 3.05) is 12.4 Å². The minimum absolute atomic E-state index is 0.0101. The van der Waals surface area contributed by atoms with Crippen LogP contribution in [0.2, 0.25) is 18.1 Å². The summed E-state index contributed by atoms with van der Waals surface area (Å²) in [6.45, 7) is 12.0. The normalized spacial score (nSPS) is 12.2. The van der Waals surface area contributed by atoms with Gasteiger partial charge in [0.05, 0.1) is 9.82 Å². The zero-order valence-corrected chi connectivity index (χ0v) is 17.6. The minimum Gasteiger partial charge on any atom is -0.417 e. The number of unbranched alkanes of at least 4 members (excludes halogenated alkanes) is 2. The summed E-state index contributed by atoms with van der Waals surface area (Å²) in [6.07, 6.45) is 3.63. The van der Waals surface area contributed by atoms with E-state index in [4.69, 9.17) is 4.43 Å². The fourth-order valence-corrected chi connectivity index (χ4v) is 4.25. The van der Waals surface area contributed by atoms with Gasteiger partial charge in [0.15, 0.2) is 14.6 Å². The third-order valence-corrected chi connectivity index (χ3v) is 10.4. The number of aldehydes is 1. The van der Waals surface area contributed by atoms with Crippen molar-refractivity contribution < 1.29 is 14.1 Å². The highest BCUT2D eigenvalue weighted by molar-refractivity contribution is 7.99. The molecule has 1 aromatic carbocycles. The Morgan fingerprint density at radius 1 is 1.24 bits per heavy atom. The van der Waals surface area contributed by atoms with E-state index in [0.717, 1.165) is 31.6 Å². The molecule has 7 heteroatoms. The van der Waals surface area contributed by atoms with Crippen molar-refractivity contribution in [2.45, 2.75) is 63.1 Å². The Labute approximate surface area is 155 Å². The van der Waals surface area contributed by atoms with E-state index in [9.17, 15) is 14.9 Å². The maximum absolute atomic E-state index is 11.1. The van der Waals surface area contributed by atoms with Crippen molar-refractivity contribution >= 4 is 32.1 Å². The molecule has 0 saturated carbocycles. The molecule has 0 aromatic heterocycles. The Bertz CT molecular complexity index is 599. The summed E-state index contributed by atoms with van der Waals surface area (Å²) in [5, 5.41) is 11.3. The molecule has 0 amide bonds. The molecule has 0 atom stereocenters. The van der Waals surface area contributed by atoms with Gasteiger partial charge in [-0.05, 0) is 36.7 Å². The molecule has 0 N–H and O–H groups in total. The van der Waals surface area contributed by atoms with Gasteiger partial charge in [0.25, 0.3) is 5.69 Å². The highest BCUT2D eigenvalue weighted by Crippen LogP contribution is 2.36. The first-order chi connectivity index (χ1) is 11.6. The number of hydrogen-bond donors (Lipinski definition) is 0. The van der Waals surface area contributed by atoms with Crippen molar-refractivity contribution in [3.05, 3.63) is 33.9 Å². The summed E-state index contributed by atoms with van der Waals surface area (Å²) < 4.78 is 6.14. The number of carbonyl (C=O) groups excluding carboxylic acids is 1. The van der Waals surface area contributed by atoms with E-state index in [1.54, 1.807) is 12.1 Å². The number of thioether (sulfide) groups is 1. The number of carbonyl (C=O) groups is 1.